The van der Waals surface area contributed by atoms with Crippen LogP contribution in [0.15, 0.2) is 12.2 Å². The molecule has 0 rings (SSSR count). The van der Waals surface area contributed by atoms with Crippen molar-refractivity contribution in [3.8, 4) is 0 Å². The van der Waals surface area contributed by atoms with Gasteiger partial charge in [-0.25, -0.2) is 0 Å². The van der Waals surface area contributed by atoms with Gasteiger partial charge in [0, 0.05) is 6.04 Å². The molecular formula is C12H26N2S. The van der Waals surface area contributed by atoms with Crippen LogP contribution in [0.4, 0.5) is 0 Å². The van der Waals surface area contributed by atoms with Crippen molar-refractivity contribution in [1.29, 1.82) is 5.41 Å². The molecule has 0 aromatic heterocycles. The average Bonchev–Trinajstić information content (AvgIpc) is 2.01. The van der Waals surface area contributed by atoms with Crippen molar-refractivity contribution in [3.63, 3.8) is 0 Å². The van der Waals surface area contributed by atoms with Crippen molar-refractivity contribution in [2.75, 3.05) is 18.8 Å². The van der Waals surface area contributed by atoms with Crippen LogP contribution in [-0.2, 0) is 0 Å². The number of amidine groups is 1. The summed E-state index contributed by atoms with van der Waals surface area (Å²) in [5, 5.41) is 8.13. The number of nitrogens with one attached hydrogen (secondary N) is 1. The van der Waals surface area contributed by atoms with E-state index >= 15 is 0 Å². The largest absolute Gasteiger partial charge is 0.317 e. The molecule has 0 aliphatic rings. The van der Waals surface area contributed by atoms with Crippen LogP contribution in [-0.4, -0.2) is 34.9 Å². The summed E-state index contributed by atoms with van der Waals surface area (Å²) in [5.41, 5.74) is 0.852. The molecule has 0 saturated heterocycles. The summed E-state index contributed by atoms with van der Waals surface area (Å²) in [6, 6.07) is 0.393. The summed E-state index contributed by atoms with van der Waals surface area (Å²) in [6.45, 7) is 12.4. The first-order valence-corrected chi connectivity index (χ1v) is 8.12. The van der Waals surface area contributed by atoms with E-state index in [0.717, 1.165) is 5.57 Å². The van der Waals surface area contributed by atoms with E-state index in [9.17, 15) is 0 Å². The molecule has 0 aromatic rings. The maximum atomic E-state index is 8.13. The second-order valence-corrected chi connectivity index (χ2v) is 9.15. The Balaban J connectivity index is 5.08. The van der Waals surface area contributed by atoms with Gasteiger partial charge in [-0.15, -0.1) is 0 Å². The zero-order valence-electron chi connectivity index (χ0n) is 11.2. The molecule has 90 valence electrons. The van der Waals surface area contributed by atoms with Crippen molar-refractivity contribution in [2.45, 2.75) is 33.7 Å². The van der Waals surface area contributed by atoms with Gasteiger partial charge >= 0.3 is 0 Å². The highest BCUT2D eigenvalue weighted by Crippen LogP contribution is 2.43. The zero-order chi connectivity index (χ0) is 12.4. The van der Waals surface area contributed by atoms with Crippen molar-refractivity contribution < 1.29 is 0 Å². The van der Waals surface area contributed by atoms with Gasteiger partial charge in [-0.05, 0) is 44.1 Å². The predicted octanol–water partition coefficient (Wildman–Crippen LogP) is 3.50. The lowest BCUT2D eigenvalue weighted by atomic mass is 10.1. The van der Waals surface area contributed by atoms with Crippen molar-refractivity contribution in [3.05, 3.63) is 12.2 Å². The maximum Gasteiger partial charge on any atom is 0.131 e. The molecule has 0 amide bonds. The maximum absolute atomic E-state index is 8.13. The molecule has 15 heavy (non-hydrogen) atoms. The third-order valence-corrected chi connectivity index (χ3v) is 4.24. The van der Waals surface area contributed by atoms with E-state index in [2.05, 4.69) is 50.4 Å². The van der Waals surface area contributed by atoms with E-state index in [1.165, 1.54) is 0 Å². The second-order valence-electron chi connectivity index (χ2n) is 5.21. The molecule has 0 fully saturated rings. The molecule has 0 spiro atoms. The lowest BCUT2D eigenvalue weighted by Crippen LogP contribution is -2.42. The third-order valence-electron chi connectivity index (χ3n) is 2.55. The van der Waals surface area contributed by atoms with Gasteiger partial charge in [-0.3, -0.25) is 5.41 Å². The van der Waals surface area contributed by atoms with Crippen molar-refractivity contribution in [2.24, 2.45) is 5.92 Å². The molecule has 2 nitrogen and oxygen atoms in total. The Bertz CT molecular complexity index is 251. The van der Waals surface area contributed by atoms with Gasteiger partial charge in [-0.2, -0.15) is 10.2 Å². The molecule has 0 aromatic carbocycles. The van der Waals surface area contributed by atoms with E-state index in [-0.39, 0.29) is 0 Å². The predicted molar refractivity (Wildman–Crippen MR) is 74.0 cm³/mol. The topological polar surface area (TPSA) is 27.1 Å². The number of rotatable bonds is 4. The molecule has 0 bridgehead atoms. The van der Waals surface area contributed by atoms with E-state index in [4.69, 9.17) is 5.41 Å². The Morgan fingerprint density at radius 3 is 1.80 bits per heavy atom. The first-order chi connectivity index (χ1) is 6.59. The molecule has 1 N–H and O–H groups in total. The molecular weight excluding hydrogens is 204 g/mol. The molecule has 1 atom stereocenters. The van der Waals surface area contributed by atoms with Gasteiger partial charge in [0.1, 0.15) is 5.84 Å². The van der Waals surface area contributed by atoms with Crippen molar-refractivity contribution >= 4 is 16.0 Å². The first-order valence-electron chi connectivity index (χ1n) is 5.31. The third kappa shape index (κ3) is 3.90. The van der Waals surface area contributed by atoms with Crippen LogP contribution in [0.5, 0.6) is 0 Å². The van der Waals surface area contributed by atoms with E-state index in [0.29, 0.717) is 17.8 Å². The Labute approximate surface area is 96.7 Å². The summed E-state index contributed by atoms with van der Waals surface area (Å²) in [7, 11) is -0.905. The lowest BCUT2D eigenvalue weighted by Gasteiger charge is -2.47. The summed E-state index contributed by atoms with van der Waals surface area (Å²) < 4.78 is 2.24. The van der Waals surface area contributed by atoms with Crippen LogP contribution in [0.1, 0.15) is 27.7 Å². The Hall–Kier alpha value is -0.440. The fourth-order valence-electron chi connectivity index (χ4n) is 1.44. The smallest absolute Gasteiger partial charge is 0.131 e. The second kappa shape index (κ2) is 5.06. The average molecular weight is 230 g/mol. The fourth-order valence-corrected chi connectivity index (χ4v) is 3.38. The molecule has 0 aliphatic heterocycles. The fraction of sp³-hybridized carbons (Fsp3) is 0.750. The van der Waals surface area contributed by atoms with Crippen LogP contribution >= 0.6 is 10.2 Å². The summed E-state index contributed by atoms with van der Waals surface area (Å²) >= 11 is 0. The van der Waals surface area contributed by atoms with E-state index in [1.54, 1.807) is 0 Å². The van der Waals surface area contributed by atoms with Gasteiger partial charge in [0.05, 0.1) is 0 Å². The van der Waals surface area contributed by atoms with Crippen LogP contribution < -0.4 is 0 Å². The summed E-state index contributed by atoms with van der Waals surface area (Å²) in [6.07, 6.45) is 6.68. The summed E-state index contributed by atoms with van der Waals surface area (Å²) in [4.78, 5) is 0. The number of nitrogens with zero attached hydrogens (tertiary/aromatic N) is 1. The van der Waals surface area contributed by atoms with Gasteiger partial charge in [0.2, 0.25) is 0 Å². The van der Waals surface area contributed by atoms with Gasteiger partial charge in [0.25, 0.3) is 0 Å². The number of hydrogen-bond acceptors (Lipinski definition) is 1. The highest BCUT2D eigenvalue weighted by Gasteiger charge is 2.27. The normalized spacial score (nSPS) is 14.9. The van der Waals surface area contributed by atoms with Crippen LogP contribution in [0.3, 0.4) is 0 Å². The number of hydrogen-bond donors (Lipinski definition) is 1. The Morgan fingerprint density at radius 1 is 1.20 bits per heavy atom. The van der Waals surface area contributed by atoms with E-state index in [1.807, 2.05) is 6.92 Å². The van der Waals surface area contributed by atoms with Gasteiger partial charge in [-0.1, -0.05) is 20.4 Å². The van der Waals surface area contributed by atoms with Crippen LogP contribution in [0, 0.1) is 11.3 Å². The zero-order valence-corrected chi connectivity index (χ0v) is 12.0. The first kappa shape index (κ1) is 14.6. The van der Waals surface area contributed by atoms with Crippen molar-refractivity contribution in [1.82, 2.24) is 4.31 Å². The molecule has 0 radical (unpaired) electrons. The minimum Gasteiger partial charge on any atom is -0.317 e. The molecule has 0 aliphatic carbocycles. The molecule has 3 heteroatoms. The highest BCUT2D eigenvalue weighted by atomic mass is 32.3. The Morgan fingerprint density at radius 2 is 1.60 bits per heavy atom. The standard InChI is InChI=1S/C12H26N2S/c1-9(2)11(5)14(15(6,7)8)12(13)10(3)4/h9,11,13H,3H2,1-2,4-8H3. The molecule has 0 heterocycles. The Kier molecular flexibility index (Phi) is 4.91. The van der Waals surface area contributed by atoms with Gasteiger partial charge < -0.3 is 4.31 Å². The SMILES string of the molecule is C=C(C)C(=N)N(C(C)C(C)C)S(C)(C)C. The minimum absolute atomic E-state index is 0.393. The minimum atomic E-state index is -0.905. The van der Waals surface area contributed by atoms with Crippen LogP contribution in [0.2, 0.25) is 0 Å². The van der Waals surface area contributed by atoms with E-state index < -0.39 is 10.2 Å². The summed E-state index contributed by atoms with van der Waals surface area (Å²) in [5.74, 6) is 1.15. The van der Waals surface area contributed by atoms with Crippen LogP contribution in [0.25, 0.3) is 0 Å². The monoisotopic (exact) mass is 230 g/mol. The van der Waals surface area contributed by atoms with Gasteiger partial charge in [0.15, 0.2) is 0 Å². The molecule has 0 saturated carbocycles. The quantitative estimate of drug-likeness (QED) is 0.581. The molecule has 1 unspecified atom stereocenters. The lowest BCUT2D eigenvalue weighted by molar-refractivity contribution is 0.384. The highest BCUT2D eigenvalue weighted by molar-refractivity contribution is 8.30.